The Morgan fingerprint density at radius 2 is 1.68 bits per heavy atom. The van der Waals surface area contributed by atoms with E-state index in [0.717, 1.165) is 17.6 Å². The van der Waals surface area contributed by atoms with Gasteiger partial charge in [0.1, 0.15) is 5.75 Å². The predicted octanol–water partition coefficient (Wildman–Crippen LogP) is 4.32. The highest BCUT2D eigenvalue weighted by Gasteiger charge is 2.13. The van der Waals surface area contributed by atoms with Gasteiger partial charge in [-0.15, -0.1) is 12.4 Å². The summed E-state index contributed by atoms with van der Waals surface area (Å²) in [5.41, 5.74) is 7.52. The maximum absolute atomic E-state index is 6.31. The molecule has 104 valence electrons. The van der Waals surface area contributed by atoms with E-state index in [2.05, 4.69) is 32.0 Å². The molecule has 3 heteroatoms. The number of hydrogen-bond donors (Lipinski definition) is 1. The maximum Gasteiger partial charge on any atom is 0.126 e. The lowest BCUT2D eigenvalue weighted by Gasteiger charge is -2.18. The van der Waals surface area contributed by atoms with Crippen molar-refractivity contribution in [1.82, 2.24) is 0 Å². The van der Waals surface area contributed by atoms with E-state index >= 15 is 0 Å². The summed E-state index contributed by atoms with van der Waals surface area (Å²) in [5, 5.41) is 2.33. The minimum Gasteiger partial charge on any atom is -0.496 e. The number of ether oxygens (including phenoxy) is 1. The van der Waals surface area contributed by atoms with Crippen LogP contribution in [0, 0.1) is 5.92 Å². The summed E-state index contributed by atoms with van der Waals surface area (Å²) in [6.45, 7) is 4.40. The molecule has 0 amide bonds. The monoisotopic (exact) mass is 279 g/mol. The molecule has 0 aliphatic rings. The van der Waals surface area contributed by atoms with Gasteiger partial charge in [0.25, 0.3) is 0 Å². The highest BCUT2D eigenvalue weighted by molar-refractivity contribution is 5.91. The molecule has 0 radical (unpaired) electrons. The fourth-order valence-corrected chi connectivity index (χ4v) is 2.43. The van der Waals surface area contributed by atoms with Crippen LogP contribution >= 0.6 is 12.4 Å². The van der Waals surface area contributed by atoms with Gasteiger partial charge in [-0.1, -0.05) is 44.2 Å². The zero-order valence-electron chi connectivity index (χ0n) is 11.7. The Morgan fingerprint density at radius 3 is 2.26 bits per heavy atom. The Morgan fingerprint density at radius 1 is 1.05 bits per heavy atom. The molecule has 0 saturated carbocycles. The summed E-state index contributed by atoms with van der Waals surface area (Å²) in [7, 11) is 1.70. The molecule has 0 saturated heterocycles. The lowest BCUT2D eigenvalue weighted by atomic mass is 9.93. The van der Waals surface area contributed by atoms with Gasteiger partial charge in [0.15, 0.2) is 0 Å². The first-order valence-corrected chi connectivity index (χ1v) is 6.44. The van der Waals surface area contributed by atoms with Crippen molar-refractivity contribution in [3.05, 3.63) is 42.0 Å². The highest BCUT2D eigenvalue weighted by Crippen LogP contribution is 2.32. The molecule has 0 aliphatic heterocycles. The van der Waals surface area contributed by atoms with Crippen LogP contribution in [0.2, 0.25) is 0 Å². The minimum atomic E-state index is 0. The fourth-order valence-electron chi connectivity index (χ4n) is 2.43. The van der Waals surface area contributed by atoms with Crippen molar-refractivity contribution in [1.29, 1.82) is 0 Å². The highest BCUT2D eigenvalue weighted by atomic mass is 35.5. The molecular weight excluding hydrogens is 258 g/mol. The van der Waals surface area contributed by atoms with Crippen molar-refractivity contribution < 1.29 is 4.74 Å². The maximum atomic E-state index is 6.31. The van der Waals surface area contributed by atoms with Gasteiger partial charge >= 0.3 is 0 Å². The molecule has 0 unspecified atom stereocenters. The summed E-state index contributed by atoms with van der Waals surface area (Å²) >= 11 is 0. The molecule has 2 rings (SSSR count). The molecule has 0 aliphatic carbocycles. The third-order valence-corrected chi connectivity index (χ3v) is 3.26. The average Bonchev–Trinajstić information content (AvgIpc) is 2.36. The molecule has 2 N–H and O–H groups in total. The SMILES string of the molecule is COc1ccc([C@@H](N)CC(C)C)c2ccccc12.Cl. The molecule has 0 aromatic heterocycles. The first kappa shape index (κ1) is 15.8. The summed E-state index contributed by atoms with van der Waals surface area (Å²) in [4.78, 5) is 0. The lowest BCUT2D eigenvalue weighted by Crippen LogP contribution is -2.13. The van der Waals surface area contributed by atoms with Crippen LogP contribution in [-0.2, 0) is 0 Å². The van der Waals surface area contributed by atoms with E-state index in [0.29, 0.717) is 5.92 Å². The van der Waals surface area contributed by atoms with Gasteiger partial charge < -0.3 is 10.5 Å². The van der Waals surface area contributed by atoms with Crippen molar-refractivity contribution in [3.8, 4) is 5.75 Å². The molecule has 2 aromatic rings. The lowest BCUT2D eigenvalue weighted by molar-refractivity contribution is 0.419. The average molecular weight is 280 g/mol. The largest absolute Gasteiger partial charge is 0.496 e. The van der Waals surface area contributed by atoms with Gasteiger partial charge in [0.05, 0.1) is 7.11 Å². The third-order valence-electron chi connectivity index (χ3n) is 3.26. The van der Waals surface area contributed by atoms with E-state index in [1.54, 1.807) is 7.11 Å². The number of rotatable bonds is 4. The minimum absolute atomic E-state index is 0. The number of fused-ring (bicyclic) bond motifs is 1. The molecule has 2 aromatic carbocycles. The van der Waals surface area contributed by atoms with Crippen LogP contribution in [0.25, 0.3) is 10.8 Å². The predicted molar refractivity (Wildman–Crippen MR) is 84.1 cm³/mol. The van der Waals surface area contributed by atoms with E-state index in [1.807, 2.05) is 18.2 Å². The van der Waals surface area contributed by atoms with Gasteiger partial charge in [0.2, 0.25) is 0 Å². The number of halogens is 1. The number of hydrogen-bond acceptors (Lipinski definition) is 2. The van der Waals surface area contributed by atoms with Gasteiger partial charge in [0, 0.05) is 11.4 Å². The van der Waals surface area contributed by atoms with Crippen molar-refractivity contribution >= 4 is 23.2 Å². The second-order valence-electron chi connectivity index (χ2n) is 5.14. The Bertz CT molecular complexity index is 539. The topological polar surface area (TPSA) is 35.2 Å². The summed E-state index contributed by atoms with van der Waals surface area (Å²) < 4.78 is 5.40. The van der Waals surface area contributed by atoms with Crippen molar-refractivity contribution in [2.24, 2.45) is 11.7 Å². The van der Waals surface area contributed by atoms with Crippen LogP contribution in [0.3, 0.4) is 0 Å². The summed E-state index contributed by atoms with van der Waals surface area (Å²) in [5.74, 6) is 1.51. The van der Waals surface area contributed by atoms with E-state index in [-0.39, 0.29) is 18.4 Å². The number of benzene rings is 2. The molecule has 0 heterocycles. The summed E-state index contributed by atoms with van der Waals surface area (Å²) in [6.07, 6.45) is 0.996. The van der Waals surface area contributed by atoms with Crippen LogP contribution in [0.1, 0.15) is 31.9 Å². The normalized spacial score (nSPS) is 12.3. The van der Waals surface area contributed by atoms with E-state index < -0.39 is 0 Å². The second-order valence-corrected chi connectivity index (χ2v) is 5.14. The van der Waals surface area contributed by atoms with Crippen LogP contribution in [0.4, 0.5) is 0 Å². The first-order chi connectivity index (χ1) is 8.63. The molecular formula is C16H22ClNO. The van der Waals surface area contributed by atoms with Gasteiger partial charge in [-0.2, -0.15) is 0 Å². The standard InChI is InChI=1S/C16H21NO.ClH/c1-11(2)10-15(17)13-8-9-16(18-3)14-7-5-4-6-12(13)14;/h4-9,11,15H,10,17H2,1-3H3;1H/t15-;/m0./s1. The van der Waals surface area contributed by atoms with E-state index in [1.165, 1.54) is 10.9 Å². The molecule has 0 fully saturated rings. The Labute approximate surface area is 121 Å². The molecule has 0 spiro atoms. The van der Waals surface area contributed by atoms with Crippen LogP contribution in [0.15, 0.2) is 36.4 Å². The van der Waals surface area contributed by atoms with Crippen LogP contribution in [-0.4, -0.2) is 7.11 Å². The van der Waals surface area contributed by atoms with Gasteiger partial charge in [-0.25, -0.2) is 0 Å². The quantitative estimate of drug-likeness (QED) is 0.905. The smallest absolute Gasteiger partial charge is 0.126 e. The Kier molecular flexibility index (Phi) is 5.64. The van der Waals surface area contributed by atoms with Crippen molar-refractivity contribution in [2.45, 2.75) is 26.3 Å². The number of nitrogens with two attached hydrogens (primary N) is 1. The van der Waals surface area contributed by atoms with Crippen molar-refractivity contribution in [3.63, 3.8) is 0 Å². The van der Waals surface area contributed by atoms with Gasteiger partial charge in [-0.3, -0.25) is 0 Å². The van der Waals surface area contributed by atoms with Crippen LogP contribution < -0.4 is 10.5 Å². The third kappa shape index (κ3) is 3.40. The van der Waals surface area contributed by atoms with E-state index in [4.69, 9.17) is 10.5 Å². The van der Waals surface area contributed by atoms with Crippen molar-refractivity contribution in [2.75, 3.05) is 7.11 Å². The fraction of sp³-hybridized carbons (Fsp3) is 0.375. The first-order valence-electron chi connectivity index (χ1n) is 6.44. The number of methoxy groups -OCH3 is 1. The van der Waals surface area contributed by atoms with E-state index in [9.17, 15) is 0 Å². The molecule has 19 heavy (non-hydrogen) atoms. The second kappa shape index (κ2) is 6.78. The molecule has 1 atom stereocenters. The van der Waals surface area contributed by atoms with Crippen LogP contribution in [0.5, 0.6) is 5.75 Å². The Hall–Kier alpha value is -1.25. The molecule has 0 bridgehead atoms. The molecule has 2 nitrogen and oxygen atoms in total. The van der Waals surface area contributed by atoms with Gasteiger partial charge in [-0.05, 0) is 29.4 Å². The zero-order chi connectivity index (χ0) is 13.1. The summed E-state index contributed by atoms with van der Waals surface area (Å²) in [6, 6.07) is 12.5. The zero-order valence-corrected chi connectivity index (χ0v) is 12.5. The Balaban J connectivity index is 0.00000180.